The maximum Gasteiger partial charge on any atom is 0.278 e. The molecule has 33 heavy (non-hydrogen) atoms. The molecular weight excluding hydrogens is 432 g/mol. The van der Waals surface area contributed by atoms with Crippen LogP contribution in [-0.4, -0.2) is 32.2 Å². The zero-order valence-electron chi connectivity index (χ0n) is 18.3. The van der Waals surface area contributed by atoms with Crippen molar-refractivity contribution >= 4 is 28.7 Å². The summed E-state index contributed by atoms with van der Waals surface area (Å²) in [6.45, 7) is 0.398. The van der Waals surface area contributed by atoms with E-state index >= 15 is 0 Å². The summed E-state index contributed by atoms with van der Waals surface area (Å²) < 4.78 is 1.66. The highest BCUT2D eigenvalue weighted by molar-refractivity contribution is 7.99. The molecule has 0 unspecified atom stereocenters. The molecule has 0 aliphatic heterocycles. The number of benzene rings is 2. The van der Waals surface area contributed by atoms with Gasteiger partial charge in [-0.2, -0.15) is 0 Å². The van der Waals surface area contributed by atoms with Crippen LogP contribution >= 0.6 is 11.8 Å². The molecule has 1 amide bonds. The van der Waals surface area contributed by atoms with Crippen LogP contribution in [0.15, 0.2) is 76.7 Å². The number of amides is 1. The minimum Gasteiger partial charge on any atom is -0.353 e. The van der Waals surface area contributed by atoms with E-state index in [-0.39, 0.29) is 23.3 Å². The third-order valence-corrected chi connectivity index (χ3v) is 7.00. The van der Waals surface area contributed by atoms with Gasteiger partial charge in [0.25, 0.3) is 5.56 Å². The van der Waals surface area contributed by atoms with Crippen LogP contribution in [0.1, 0.15) is 31.2 Å². The van der Waals surface area contributed by atoms with Crippen LogP contribution in [0.3, 0.4) is 0 Å². The maximum absolute atomic E-state index is 13.5. The molecule has 1 fully saturated rings. The normalized spacial score (nSPS) is 14.1. The lowest BCUT2D eigenvalue weighted by atomic mass is 10.2. The van der Waals surface area contributed by atoms with Crippen molar-refractivity contribution in [1.82, 2.24) is 19.9 Å². The number of hydrogen-bond donors (Lipinski definition) is 2. The Labute approximate surface area is 196 Å². The molecule has 2 aromatic heterocycles. The summed E-state index contributed by atoms with van der Waals surface area (Å²) in [5, 5.41) is 3.67. The molecule has 0 spiro atoms. The SMILES string of the molecule is O=C(CSc1nc2cc(-c3ccccc3)[nH]c2c(=O)n1Cc1ccccc1)NC1CCCC1. The third kappa shape index (κ3) is 4.88. The lowest BCUT2D eigenvalue weighted by molar-refractivity contribution is -0.119. The number of H-pyrrole nitrogens is 1. The summed E-state index contributed by atoms with van der Waals surface area (Å²) in [7, 11) is 0. The van der Waals surface area contributed by atoms with Crippen molar-refractivity contribution in [1.29, 1.82) is 0 Å². The molecule has 0 atom stereocenters. The predicted octanol–water partition coefficient (Wildman–Crippen LogP) is 4.59. The molecule has 7 heteroatoms. The first-order valence-corrected chi connectivity index (χ1v) is 12.3. The van der Waals surface area contributed by atoms with Crippen LogP contribution in [0.4, 0.5) is 0 Å². The molecule has 0 radical (unpaired) electrons. The van der Waals surface area contributed by atoms with E-state index in [9.17, 15) is 9.59 Å². The van der Waals surface area contributed by atoms with Crippen LogP contribution in [0, 0.1) is 0 Å². The van der Waals surface area contributed by atoms with Gasteiger partial charge in [0.2, 0.25) is 5.91 Å². The Hall–Kier alpha value is -3.32. The standard InChI is InChI=1S/C26H26N4O2S/c31-23(27-20-13-7-8-14-20)17-33-26-29-22-15-21(19-11-5-2-6-12-19)28-24(22)25(32)30(26)16-18-9-3-1-4-10-18/h1-6,9-12,15,20,28H,7-8,13-14,16-17H2,(H,27,31). The summed E-state index contributed by atoms with van der Waals surface area (Å²) in [6, 6.07) is 21.9. The molecule has 0 saturated heterocycles. The molecule has 4 aromatic rings. The van der Waals surface area contributed by atoms with Crippen molar-refractivity contribution in [3.05, 3.63) is 82.6 Å². The lowest BCUT2D eigenvalue weighted by Crippen LogP contribution is -2.34. The van der Waals surface area contributed by atoms with Gasteiger partial charge in [-0.1, -0.05) is 85.3 Å². The topological polar surface area (TPSA) is 79.8 Å². The summed E-state index contributed by atoms with van der Waals surface area (Å²) in [4.78, 5) is 34.1. The van der Waals surface area contributed by atoms with Gasteiger partial charge in [-0.25, -0.2) is 4.98 Å². The number of nitrogens with one attached hydrogen (secondary N) is 2. The van der Waals surface area contributed by atoms with Gasteiger partial charge in [0, 0.05) is 11.7 Å². The van der Waals surface area contributed by atoms with Crippen LogP contribution in [0.5, 0.6) is 0 Å². The number of carbonyl (C=O) groups is 1. The predicted molar refractivity (Wildman–Crippen MR) is 132 cm³/mol. The fourth-order valence-corrected chi connectivity index (χ4v) is 5.15. The number of thioether (sulfide) groups is 1. The fraction of sp³-hybridized carbons (Fsp3) is 0.269. The van der Waals surface area contributed by atoms with Crippen molar-refractivity contribution in [3.8, 4) is 11.3 Å². The Morgan fingerprint density at radius 1 is 1.06 bits per heavy atom. The molecular formula is C26H26N4O2S. The van der Waals surface area contributed by atoms with Gasteiger partial charge in [-0.15, -0.1) is 0 Å². The Bertz CT molecular complexity index is 1310. The first-order valence-electron chi connectivity index (χ1n) is 11.3. The number of nitrogens with zero attached hydrogens (tertiary/aromatic N) is 2. The van der Waals surface area contributed by atoms with E-state index in [0.717, 1.165) is 29.7 Å². The van der Waals surface area contributed by atoms with E-state index in [1.165, 1.54) is 24.6 Å². The highest BCUT2D eigenvalue weighted by atomic mass is 32.2. The van der Waals surface area contributed by atoms with Gasteiger partial charge in [-0.3, -0.25) is 14.2 Å². The molecule has 6 nitrogen and oxygen atoms in total. The summed E-state index contributed by atoms with van der Waals surface area (Å²) >= 11 is 1.32. The average molecular weight is 459 g/mol. The molecule has 2 N–H and O–H groups in total. The highest BCUT2D eigenvalue weighted by Gasteiger charge is 2.19. The first kappa shape index (κ1) is 21.5. The van der Waals surface area contributed by atoms with E-state index in [0.29, 0.717) is 22.7 Å². The largest absolute Gasteiger partial charge is 0.353 e. The zero-order valence-corrected chi connectivity index (χ0v) is 19.1. The molecule has 5 rings (SSSR count). The third-order valence-electron chi connectivity index (χ3n) is 6.02. The second-order valence-corrected chi connectivity index (χ2v) is 9.36. The van der Waals surface area contributed by atoms with E-state index < -0.39 is 0 Å². The van der Waals surface area contributed by atoms with Gasteiger partial charge in [-0.05, 0) is 30.0 Å². The quantitative estimate of drug-likeness (QED) is 0.314. The van der Waals surface area contributed by atoms with Crippen molar-refractivity contribution < 1.29 is 4.79 Å². The summed E-state index contributed by atoms with van der Waals surface area (Å²) in [5.74, 6) is 0.227. The molecule has 1 aliphatic carbocycles. The Morgan fingerprint density at radius 2 is 1.76 bits per heavy atom. The van der Waals surface area contributed by atoms with E-state index in [1.807, 2.05) is 66.7 Å². The minimum absolute atomic E-state index is 0.00782. The molecule has 2 aromatic carbocycles. The molecule has 2 heterocycles. The number of aromatic nitrogens is 3. The molecule has 1 saturated carbocycles. The van der Waals surface area contributed by atoms with Crippen LogP contribution < -0.4 is 10.9 Å². The van der Waals surface area contributed by atoms with Gasteiger partial charge >= 0.3 is 0 Å². The minimum atomic E-state index is -0.135. The van der Waals surface area contributed by atoms with Crippen LogP contribution in [-0.2, 0) is 11.3 Å². The lowest BCUT2D eigenvalue weighted by Gasteiger charge is -2.14. The van der Waals surface area contributed by atoms with Gasteiger partial charge in [0.15, 0.2) is 5.16 Å². The van der Waals surface area contributed by atoms with Gasteiger partial charge in [0.05, 0.1) is 17.8 Å². The second kappa shape index (κ2) is 9.67. The number of carbonyl (C=O) groups excluding carboxylic acids is 1. The molecule has 1 aliphatic rings. The van der Waals surface area contributed by atoms with Gasteiger partial charge in [0.1, 0.15) is 5.52 Å². The zero-order chi connectivity index (χ0) is 22.6. The smallest absolute Gasteiger partial charge is 0.278 e. The monoisotopic (exact) mass is 458 g/mol. The summed E-state index contributed by atoms with van der Waals surface area (Å²) in [5.41, 5.74) is 3.81. The Kier molecular flexibility index (Phi) is 6.30. The van der Waals surface area contributed by atoms with Crippen LogP contribution in [0.2, 0.25) is 0 Å². The first-order chi connectivity index (χ1) is 16.2. The van der Waals surface area contributed by atoms with Gasteiger partial charge < -0.3 is 10.3 Å². The maximum atomic E-state index is 13.5. The molecule has 0 bridgehead atoms. The average Bonchev–Trinajstić information content (AvgIpc) is 3.51. The second-order valence-electron chi connectivity index (χ2n) is 8.42. The van der Waals surface area contributed by atoms with Crippen molar-refractivity contribution in [2.45, 2.75) is 43.4 Å². The number of rotatable bonds is 7. The molecule has 168 valence electrons. The number of fused-ring (bicyclic) bond motifs is 1. The Balaban J connectivity index is 1.48. The summed E-state index contributed by atoms with van der Waals surface area (Å²) in [6.07, 6.45) is 4.43. The fourth-order valence-electron chi connectivity index (χ4n) is 4.34. The Morgan fingerprint density at radius 3 is 2.48 bits per heavy atom. The van der Waals surface area contributed by atoms with E-state index in [1.54, 1.807) is 4.57 Å². The highest BCUT2D eigenvalue weighted by Crippen LogP contribution is 2.24. The van der Waals surface area contributed by atoms with E-state index in [2.05, 4.69) is 10.3 Å². The van der Waals surface area contributed by atoms with Crippen molar-refractivity contribution in [3.63, 3.8) is 0 Å². The van der Waals surface area contributed by atoms with Crippen molar-refractivity contribution in [2.24, 2.45) is 0 Å². The number of hydrogen-bond acceptors (Lipinski definition) is 4. The van der Waals surface area contributed by atoms with Crippen LogP contribution in [0.25, 0.3) is 22.3 Å². The van der Waals surface area contributed by atoms with E-state index in [4.69, 9.17) is 4.98 Å². The van der Waals surface area contributed by atoms with Crippen molar-refractivity contribution in [2.75, 3.05) is 5.75 Å². The number of aromatic amines is 1.